The summed E-state index contributed by atoms with van der Waals surface area (Å²) in [5.74, 6) is 1.74. The quantitative estimate of drug-likeness (QED) is 0.840. The van der Waals surface area contributed by atoms with E-state index in [2.05, 4.69) is 10.6 Å². The van der Waals surface area contributed by atoms with Crippen LogP contribution in [0.4, 0.5) is 5.69 Å². The number of anilines is 1. The lowest BCUT2D eigenvalue weighted by Gasteiger charge is -2.09. The zero-order chi connectivity index (χ0) is 13.0. The van der Waals surface area contributed by atoms with Gasteiger partial charge in [0.15, 0.2) is 5.11 Å². The van der Waals surface area contributed by atoms with Crippen LogP contribution in [0.25, 0.3) is 0 Å². The Hall–Kier alpha value is -1.52. The molecule has 0 fully saturated rings. The van der Waals surface area contributed by atoms with Crippen molar-refractivity contribution in [2.45, 2.75) is 13.5 Å². The highest BCUT2D eigenvalue weighted by Gasteiger charge is 2.01. The van der Waals surface area contributed by atoms with Gasteiger partial charge in [0, 0.05) is 10.7 Å². The minimum atomic E-state index is 0.534. The van der Waals surface area contributed by atoms with Crippen LogP contribution in [0.3, 0.4) is 0 Å². The fraction of sp³-hybridized carbons (Fsp3) is 0.154. The summed E-state index contributed by atoms with van der Waals surface area (Å²) in [6, 6.07) is 11.2. The molecule has 94 valence electrons. The molecule has 0 amide bonds. The van der Waals surface area contributed by atoms with Crippen LogP contribution in [0.1, 0.15) is 11.5 Å². The van der Waals surface area contributed by atoms with E-state index >= 15 is 0 Å². The molecule has 0 bridgehead atoms. The van der Waals surface area contributed by atoms with Gasteiger partial charge in [0.1, 0.15) is 11.5 Å². The number of furan rings is 1. The second-order valence-electron chi connectivity index (χ2n) is 3.83. The molecule has 0 radical (unpaired) electrons. The highest BCUT2D eigenvalue weighted by atomic mass is 35.5. The monoisotopic (exact) mass is 280 g/mol. The molecule has 0 atom stereocenters. The number of halogens is 1. The van der Waals surface area contributed by atoms with Crippen LogP contribution in [-0.2, 0) is 6.54 Å². The normalized spacial score (nSPS) is 10.1. The van der Waals surface area contributed by atoms with Gasteiger partial charge in [0.25, 0.3) is 0 Å². The van der Waals surface area contributed by atoms with Gasteiger partial charge in [-0.25, -0.2) is 0 Å². The van der Waals surface area contributed by atoms with E-state index < -0.39 is 0 Å². The lowest BCUT2D eigenvalue weighted by Crippen LogP contribution is -2.27. The molecule has 18 heavy (non-hydrogen) atoms. The van der Waals surface area contributed by atoms with Crippen molar-refractivity contribution in [3.05, 3.63) is 52.9 Å². The van der Waals surface area contributed by atoms with Crippen molar-refractivity contribution in [2.75, 3.05) is 5.32 Å². The maximum atomic E-state index is 5.89. The van der Waals surface area contributed by atoms with Crippen LogP contribution >= 0.6 is 23.8 Å². The van der Waals surface area contributed by atoms with Gasteiger partial charge in [-0.05, 0) is 49.5 Å². The molecule has 0 aliphatic carbocycles. The lowest BCUT2D eigenvalue weighted by molar-refractivity contribution is 0.478. The van der Waals surface area contributed by atoms with E-state index in [1.54, 1.807) is 0 Å². The zero-order valence-electron chi connectivity index (χ0n) is 9.87. The average Bonchev–Trinajstić information content (AvgIpc) is 2.73. The first kappa shape index (κ1) is 12.9. The Morgan fingerprint density at radius 3 is 2.83 bits per heavy atom. The number of thiocarbonyl (C=S) groups is 1. The van der Waals surface area contributed by atoms with E-state index in [-0.39, 0.29) is 0 Å². The Bertz CT molecular complexity index is 553. The molecular formula is C13H13ClN2OS. The highest BCUT2D eigenvalue weighted by Crippen LogP contribution is 2.14. The van der Waals surface area contributed by atoms with Crippen molar-refractivity contribution in [2.24, 2.45) is 0 Å². The molecule has 1 aromatic carbocycles. The average molecular weight is 281 g/mol. The summed E-state index contributed by atoms with van der Waals surface area (Å²) in [5, 5.41) is 7.32. The first-order chi connectivity index (χ1) is 8.63. The summed E-state index contributed by atoms with van der Waals surface area (Å²) in [6.45, 7) is 2.46. The van der Waals surface area contributed by atoms with Crippen molar-refractivity contribution >= 4 is 34.6 Å². The molecular weight excluding hydrogens is 268 g/mol. The molecule has 3 nitrogen and oxygen atoms in total. The summed E-state index contributed by atoms with van der Waals surface area (Å²) in [7, 11) is 0. The molecule has 1 heterocycles. The summed E-state index contributed by atoms with van der Waals surface area (Å²) in [6.07, 6.45) is 0. The standard InChI is InChI=1S/C13H13ClN2OS/c1-9-5-6-12(17-9)8-15-13(18)16-11-4-2-3-10(14)7-11/h2-7H,8H2,1H3,(H2,15,16,18). The molecule has 2 N–H and O–H groups in total. The van der Waals surface area contributed by atoms with Gasteiger partial charge in [-0.1, -0.05) is 17.7 Å². The molecule has 1 aromatic heterocycles. The maximum Gasteiger partial charge on any atom is 0.171 e. The van der Waals surface area contributed by atoms with Crippen LogP contribution in [-0.4, -0.2) is 5.11 Å². The predicted molar refractivity (Wildman–Crippen MR) is 78.0 cm³/mol. The molecule has 0 aliphatic heterocycles. The van der Waals surface area contributed by atoms with Gasteiger partial charge >= 0.3 is 0 Å². The third-order valence-corrected chi connectivity index (χ3v) is 2.78. The van der Waals surface area contributed by atoms with Crippen molar-refractivity contribution in [1.82, 2.24) is 5.32 Å². The van der Waals surface area contributed by atoms with Gasteiger partial charge < -0.3 is 15.1 Å². The summed E-state index contributed by atoms with van der Waals surface area (Å²) < 4.78 is 5.43. The number of aryl methyl sites for hydroxylation is 1. The van der Waals surface area contributed by atoms with E-state index in [9.17, 15) is 0 Å². The topological polar surface area (TPSA) is 37.2 Å². The van der Waals surface area contributed by atoms with Gasteiger partial charge in [-0.15, -0.1) is 0 Å². The van der Waals surface area contributed by atoms with Crippen molar-refractivity contribution < 1.29 is 4.42 Å². The van der Waals surface area contributed by atoms with Crippen LogP contribution in [0, 0.1) is 6.92 Å². The second kappa shape index (κ2) is 5.89. The smallest absolute Gasteiger partial charge is 0.171 e. The van der Waals surface area contributed by atoms with Gasteiger partial charge in [0.2, 0.25) is 0 Å². The van der Waals surface area contributed by atoms with Crippen molar-refractivity contribution in [3.8, 4) is 0 Å². The first-order valence-electron chi connectivity index (χ1n) is 5.49. The number of benzene rings is 1. The zero-order valence-corrected chi connectivity index (χ0v) is 11.4. The van der Waals surface area contributed by atoms with E-state index in [4.69, 9.17) is 28.2 Å². The molecule has 0 saturated carbocycles. The Balaban J connectivity index is 1.85. The van der Waals surface area contributed by atoms with Crippen LogP contribution in [0.5, 0.6) is 0 Å². The summed E-state index contributed by atoms with van der Waals surface area (Å²) >= 11 is 11.1. The van der Waals surface area contributed by atoms with Crippen LogP contribution in [0.15, 0.2) is 40.8 Å². The Morgan fingerprint density at radius 2 is 2.17 bits per heavy atom. The van der Waals surface area contributed by atoms with Gasteiger partial charge in [0.05, 0.1) is 6.54 Å². The molecule has 5 heteroatoms. The first-order valence-corrected chi connectivity index (χ1v) is 6.28. The number of rotatable bonds is 3. The summed E-state index contributed by atoms with van der Waals surface area (Å²) in [4.78, 5) is 0. The van der Waals surface area contributed by atoms with Gasteiger partial charge in [-0.2, -0.15) is 0 Å². The van der Waals surface area contributed by atoms with Crippen LogP contribution in [0.2, 0.25) is 5.02 Å². The number of hydrogen-bond acceptors (Lipinski definition) is 2. The molecule has 0 aliphatic rings. The molecule has 0 spiro atoms. The number of nitrogens with one attached hydrogen (secondary N) is 2. The lowest BCUT2D eigenvalue weighted by atomic mass is 10.3. The van der Waals surface area contributed by atoms with Crippen LogP contribution < -0.4 is 10.6 Å². The van der Waals surface area contributed by atoms with Gasteiger partial charge in [-0.3, -0.25) is 0 Å². The Kier molecular flexibility index (Phi) is 4.23. The minimum Gasteiger partial charge on any atom is -0.465 e. The second-order valence-corrected chi connectivity index (χ2v) is 4.68. The third-order valence-electron chi connectivity index (χ3n) is 2.30. The minimum absolute atomic E-state index is 0.534. The SMILES string of the molecule is Cc1ccc(CNC(=S)Nc2cccc(Cl)c2)o1. The molecule has 2 rings (SSSR count). The summed E-state index contributed by atoms with van der Waals surface area (Å²) in [5.41, 5.74) is 0.857. The fourth-order valence-electron chi connectivity index (χ4n) is 1.49. The van der Waals surface area contributed by atoms with Crippen molar-refractivity contribution in [1.29, 1.82) is 0 Å². The predicted octanol–water partition coefficient (Wildman–Crippen LogP) is 3.73. The molecule has 2 aromatic rings. The maximum absolute atomic E-state index is 5.89. The third kappa shape index (κ3) is 3.75. The largest absolute Gasteiger partial charge is 0.465 e. The van der Waals surface area contributed by atoms with Crippen molar-refractivity contribution in [3.63, 3.8) is 0 Å². The van der Waals surface area contributed by atoms with E-state index in [1.165, 1.54) is 0 Å². The molecule has 0 saturated heterocycles. The van der Waals surface area contributed by atoms with E-state index in [0.29, 0.717) is 16.7 Å². The Labute approximate surface area is 116 Å². The van der Waals surface area contributed by atoms with E-state index in [1.807, 2.05) is 43.3 Å². The molecule has 0 unspecified atom stereocenters. The highest BCUT2D eigenvalue weighted by molar-refractivity contribution is 7.80. The Morgan fingerprint density at radius 1 is 1.33 bits per heavy atom. The van der Waals surface area contributed by atoms with E-state index in [0.717, 1.165) is 17.2 Å². The fourth-order valence-corrected chi connectivity index (χ4v) is 1.87. The number of hydrogen-bond donors (Lipinski definition) is 2.